The van der Waals surface area contributed by atoms with Crippen LogP contribution in [-0.2, 0) is 0 Å². The Morgan fingerprint density at radius 1 is 1.23 bits per heavy atom. The minimum atomic E-state index is 0.666. The second-order valence-corrected chi connectivity index (χ2v) is 5.24. The van der Waals surface area contributed by atoms with Crippen molar-refractivity contribution in [3.63, 3.8) is 0 Å². The zero-order chi connectivity index (χ0) is 10.3. The molecule has 0 aromatic heterocycles. The summed E-state index contributed by atoms with van der Waals surface area (Å²) in [6.07, 6.45) is 4.73. The fourth-order valence-electron chi connectivity index (χ4n) is 1.19. The standard InChI is InChI=1S/C11H25NS/c1-6-9(2)11(4)12-8-7-10(3)13-5/h9-12H,6-8H2,1-5H3. The van der Waals surface area contributed by atoms with E-state index in [9.17, 15) is 0 Å². The van der Waals surface area contributed by atoms with Crippen molar-refractivity contribution in [2.45, 2.75) is 51.8 Å². The van der Waals surface area contributed by atoms with Crippen LogP contribution in [0.2, 0.25) is 0 Å². The van der Waals surface area contributed by atoms with E-state index in [1.54, 1.807) is 0 Å². The van der Waals surface area contributed by atoms with Gasteiger partial charge in [-0.1, -0.05) is 27.2 Å². The Labute approximate surface area is 88.1 Å². The quantitative estimate of drug-likeness (QED) is 0.682. The molecule has 0 aliphatic heterocycles. The van der Waals surface area contributed by atoms with Gasteiger partial charge in [-0.25, -0.2) is 0 Å². The summed E-state index contributed by atoms with van der Waals surface area (Å²) in [7, 11) is 0. The van der Waals surface area contributed by atoms with E-state index in [2.05, 4.69) is 39.3 Å². The predicted octanol–water partition coefficient (Wildman–Crippen LogP) is 3.15. The lowest BCUT2D eigenvalue weighted by atomic mass is 10.0. The number of thioether (sulfide) groups is 1. The van der Waals surface area contributed by atoms with Crippen LogP contribution >= 0.6 is 11.8 Å². The van der Waals surface area contributed by atoms with Crippen molar-refractivity contribution in [2.24, 2.45) is 5.92 Å². The molecule has 0 radical (unpaired) electrons. The molecule has 0 aliphatic rings. The van der Waals surface area contributed by atoms with Crippen molar-refractivity contribution in [1.29, 1.82) is 0 Å². The molecule has 0 saturated carbocycles. The molecular weight excluding hydrogens is 178 g/mol. The van der Waals surface area contributed by atoms with Crippen molar-refractivity contribution >= 4 is 11.8 Å². The first-order valence-corrected chi connectivity index (χ1v) is 6.66. The number of hydrogen-bond acceptors (Lipinski definition) is 2. The molecule has 2 heteroatoms. The average molecular weight is 203 g/mol. The highest BCUT2D eigenvalue weighted by Gasteiger charge is 2.09. The Kier molecular flexibility index (Phi) is 7.87. The smallest absolute Gasteiger partial charge is 0.00642 e. The van der Waals surface area contributed by atoms with E-state index < -0.39 is 0 Å². The van der Waals surface area contributed by atoms with Crippen LogP contribution in [0.4, 0.5) is 0 Å². The van der Waals surface area contributed by atoms with Crippen molar-refractivity contribution in [3.05, 3.63) is 0 Å². The molecule has 0 aliphatic carbocycles. The molecular formula is C11H25NS. The zero-order valence-electron chi connectivity index (χ0n) is 9.76. The van der Waals surface area contributed by atoms with Crippen LogP contribution in [0, 0.1) is 5.92 Å². The lowest BCUT2D eigenvalue weighted by Gasteiger charge is -2.20. The minimum absolute atomic E-state index is 0.666. The molecule has 0 spiro atoms. The molecule has 0 rings (SSSR count). The van der Waals surface area contributed by atoms with E-state index in [-0.39, 0.29) is 0 Å². The number of hydrogen-bond donors (Lipinski definition) is 1. The normalized spacial score (nSPS) is 18.2. The fourth-order valence-corrected chi connectivity index (χ4v) is 1.54. The van der Waals surface area contributed by atoms with E-state index in [1.807, 2.05) is 11.8 Å². The molecule has 0 heterocycles. The summed E-state index contributed by atoms with van der Waals surface area (Å²) >= 11 is 1.95. The van der Waals surface area contributed by atoms with E-state index >= 15 is 0 Å². The summed E-state index contributed by atoms with van der Waals surface area (Å²) in [5, 5.41) is 4.37. The van der Waals surface area contributed by atoms with Gasteiger partial charge < -0.3 is 5.32 Å². The largest absolute Gasteiger partial charge is 0.314 e. The Bertz CT molecular complexity index is 117. The maximum Gasteiger partial charge on any atom is 0.00642 e. The van der Waals surface area contributed by atoms with Crippen LogP contribution in [0.1, 0.15) is 40.5 Å². The second-order valence-electron chi connectivity index (χ2n) is 3.96. The minimum Gasteiger partial charge on any atom is -0.314 e. The van der Waals surface area contributed by atoms with Gasteiger partial charge >= 0.3 is 0 Å². The topological polar surface area (TPSA) is 12.0 Å². The number of nitrogens with one attached hydrogen (secondary N) is 1. The third-order valence-corrected chi connectivity index (χ3v) is 3.96. The highest BCUT2D eigenvalue weighted by molar-refractivity contribution is 7.99. The van der Waals surface area contributed by atoms with Crippen LogP contribution in [0.5, 0.6) is 0 Å². The van der Waals surface area contributed by atoms with Crippen LogP contribution in [-0.4, -0.2) is 24.1 Å². The van der Waals surface area contributed by atoms with Crippen molar-refractivity contribution in [3.8, 4) is 0 Å². The van der Waals surface area contributed by atoms with Crippen molar-refractivity contribution in [2.75, 3.05) is 12.8 Å². The van der Waals surface area contributed by atoms with Gasteiger partial charge in [0, 0.05) is 11.3 Å². The maximum atomic E-state index is 3.59. The Morgan fingerprint density at radius 3 is 2.31 bits per heavy atom. The first-order chi connectivity index (χ1) is 6.11. The van der Waals surface area contributed by atoms with Gasteiger partial charge in [0.1, 0.15) is 0 Å². The highest BCUT2D eigenvalue weighted by Crippen LogP contribution is 2.10. The van der Waals surface area contributed by atoms with Gasteiger partial charge in [0.2, 0.25) is 0 Å². The molecule has 3 unspecified atom stereocenters. The molecule has 13 heavy (non-hydrogen) atoms. The molecule has 0 aromatic rings. The lowest BCUT2D eigenvalue weighted by molar-refractivity contribution is 0.389. The summed E-state index contributed by atoms with van der Waals surface area (Å²) in [6, 6.07) is 0.666. The number of rotatable bonds is 7. The summed E-state index contributed by atoms with van der Waals surface area (Å²) in [5.41, 5.74) is 0. The van der Waals surface area contributed by atoms with Gasteiger partial charge in [0.05, 0.1) is 0 Å². The van der Waals surface area contributed by atoms with Crippen LogP contribution in [0.15, 0.2) is 0 Å². The van der Waals surface area contributed by atoms with Gasteiger partial charge in [-0.15, -0.1) is 0 Å². The summed E-state index contributed by atoms with van der Waals surface area (Å²) < 4.78 is 0. The SMILES string of the molecule is CCC(C)C(C)NCCC(C)SC. The monoisotopic (exact) mass is 203 g/mol. The van der Waals surface area contributed by atoms with E-state index in [4.69, 9.17) is 0 Å². The van der Waals surface area contributed by atoms with Crippen LogP contribution in [0.25, 0.3) is 0 Å². The van der Waals surface area contributed by atoms with Crippen LogP contribution in [0.3, 0.4) is 0 Å². The molecule has 1 N–H and O–H groups in total. The Hall–Kier alpha value is 0.310. The van der Waals surface area contributed by atoms with Crippen LogP contribution < -0.4 is 5.32 Å². The van der Waals surface area contributed by atoms with E-state index in [0.717, 1.165) is 17.7 Å². The molecule has 0 bridgehead atoms. The molecule has 0 aromatic carbocycles. The second kappa shape index (κ2) is 7.69. The molecule has 3 atom stereocenters. The Morgan fingerprint density at radius 2 is 1.85 bits per heavy atom. The van der Waals surface area contributed by atoms with E-state index in [0.29, 0.717) is 6.04 Å². The van der Waals surface area contributed by atoms with Crippen molar-refractivity contribution < 1.29 is 0 Å². The van der Waals surface area contributed by atoms with Gasteiger partial charge in [-0.05, 0) is 32.1 Å². The summed E-state index contributed by atoms with van der Waals surface area (Å²) in [6.45, 7) is 10.3. The van der Waals surface area contributed by atoms with Gasteiger partial charge in [0.25, 0.3) is 0 Å². The molecule has 0 saturated heterocycles. The molecule has 0 amide bonds. The molecule has 1 nitrogen and oxygen atoms in total. The third kappa shape index (κ3) is 6.39. The fraction of sp³-hybridized carbons (Fsp3) is 1.00. The molecule has 80 valence electrons. The van der Waals surface area contributed by atoms with Gasteiger partial charge in [0.15, 0.2) is 0 Å². The third-order valence-electron chi connectivity index (χ3n) is 2.92. The zero-order valence-corrected chi connectivity index (χ0v) is 10.6. The van der Waals surface area contributed by atoms with E-state index in [1.165, 1.54) is 12.8 Å². The summed E-state index contributed by atoms with van der Waals surface area (Å²) in [4.78, 5) is 0. The summed E-state index contributed by atoms with van der Waals surface area (Å²) in [5.74, 6) is 0.796. The Balaban J connectivity index is 3.41. The maximum absolute atomic E-state index is 3.59. The first kappa shape index (κ1) is 13.3. The predicted molar refractivity (Wildman–Crippen MR) is 64.5 cm³/mol. The highest BCUT2D eigenvalue weighted by atomic mass is 32.2. The first-order valence-electron chi connectivity index (χ1n) is 5.38. The van der Waals surface area contributed by atoms with Crippen molar-refractivity contribution in [1.82, 2.24) is 5.32 Å². The van der Waals surface area contributed by atoms with Gasteiger partial charge in [-0.2, -0.15) is 11.8 Å². The molecule has 0 fully saturated rings. The van der Waals surface area contributed by atoms with Gasteiger partial charge in [-0.3, -0.25) is 0 Å². The average Bonchev–Trinajstić information content (AvgIpc) is 2.15. The lowest BCUT2D eigenvalue weighted by Crippen LogP contribution is -2.33.